The molecule has 1 aromatic heterocycles. The molecule has 1 aromatic carbocycles. The highest BCUT2D eigenvalue weighted by Gasteiger charge is 2.37. The second-order valence-corrected chi connectivity index (χ2v) is 6.94. The summed E-state index contributed by atoms with van der Waals surface area (Å²) in [5.74, 6) is -2.55. The zero-order chi connectivity index (χ0) is 21.8. The van der Waals surface area contributed by atoms with E-state index in [1.807, 2.05) is 5.32 Å². The van der Waals surface area contributed by atoms with Crippen LogP contribution in [0.15, 0.2) is 36.4 Å². The normalized spacial score (nSPS) is 11.7. The van der Waals surface area contributed by atoms with Crippen LogP contribution < -0.4 is 10.1 Å². The van der Waals surface area contributed by atoms with Gasteiger partial charge in [0.2, 0.25) is 5.88 Å². The molecule has 29 heavy (non-hydrogen) atoms. The molecule has 10 heteroatoms. The van der Waals surface area contributed by atoms with E-state index in [-0.39, 0.29) is 6.61 Å². The smallest absolute Gasteiger partial charge is 0.421 e. The fraction of sp³-hybridized carbons (Fsp3) is 0.316. The minimum absolute atomic E-state index is 0.255. The van der Waals surface area contributed by atoms with Crippen LogP contribution in [-0.2, 0) is 17.5 Å². The van der Waals surface area contributed by atoms with E-state index in [1.165, 1.54) is 0 Å². The summed E-state index contributed by atoms with van der Waals surface area (Å²) >= 11 is 0. The fourth-order valence-electron chi connectivity index (χ4n) is 2.21. The van der Waals surface area contributed by atoms with Crippen LogP contribution in [0.25, 0.3) is 0 Å². The van der Waals surface area contributed by atoms with Crippen molar-refractivity contribution in [3.8, 4) is 5.88 Å². The van der Waals surface area contributed by atoms with E-state index >= 15 is 0 Å². The van der Waals surface area contributed by atoms with E-state index in [0.717, 1.165) is 0 Å². The third-order valence-electron chi connectivity index (χ3n) is 3.35. The van der Waals surface area contributed by atoms with Gasteiger partial charge in [0.05, 0.1) is 5.69 Å². The molecule has 0 aliphatic heterocycles. The highest BCUT2D eigenvalue weighted by Crippen LogP contribution is 2.38. The maximum absolute atomic E-state index is 13.5. The molecule has 0 spiro atoms. The van der Waals surface area contributed by atoms with Crippen molar-refractivity contribution in [3.63, 3.8) is 0 Å². The number of carbonyl (C=O) groups is 2. The molecule has 0 fully saturated rings. The van der Waals surface area contributed by atoms with Gasteiger partial charge in [-0.15, -0.1) is 0 Å². The van der Waals surface area contributed by atoms with Crippen molar-refractivity contribution in [1.82, 2.24) is 4.98 Å². The van der Waals surface area contributed by atoms with Gasteiger partial charge in [-0.1, -0.05) is 30.3 Å². The molecule has 0 radical (unpaired) electrons. The molecule has 0 bridgehead atoms. The van der Waals surface area contributed by atoms with E-state index in [4.69, 9.17) is 9.47 Å². The zero-order valence-corrected chi connectivity index (χ0v) is 15.8. The first kappa shape index (κ1) is 22.0. The first-order valence-electron chi connectivity index (χ1n) is 8.39. The minimum atomic E-state index is -4.90. The number of hydrogen-bond donors (Lipinski definition) is 2. The number of nitrogens with one attached hydrogen (secondary N) is 1. The predicted octanol–water partition coefficient (Wildman–Crippen LogP) is 4.72. The maximum atomic E-state index is 13.5. The second kappa shape index (κ2) is 8.38. The average molecular weight is 412 g/mol. The van der Waals surface area contributed by atoms with E-state index in [0.29, 0.717) is 11.6 Å². The summed E-state index contributed by atoms with van der Waals surface area (Å²) in [5.41, 5.74) is -3.18. The number of carboxylic acids is 1. The molecule has 0 saturated heterocycles. The Morgan fingerprint density at radius 1 is 1.14 bits per heavy atom. The predicted molar refractivity (Wildman–Crippen MR) is 96.8 cm³/mol. The number of amides is 1. The standard InChI is InChI=1S/C19H19F3N2O5/c1-18(2,3)29-17(27)23-13-9-12(19(20,21)22)15(24-14(13)16(25)26)28-10-11-7-5-4-6-8-11/h4-9H,10H2,1-3H3,(H,23,27)(H,25,26). The summed E-state index contributed by atoms with van der Waals surface area (Å²) in [6, 6.07) is 8.79. The van der Waals surface area contributed by atoms with Gasteiger partial charge in [-0.05, 0) is 32.4 Å². The molecule has 156 valence electrons. The van der Waals surface area contributed by atoms with Gasteiger partial charge < -0.3 is 14.6 Å². The Kier molecular flexibility index (Phi) is 6.35. The number of pyridine rings is 1. The SMILES string of the molecule is CC(C)(C)OC(=O)Nc1cc(C(F)(F)F)c(OCc2ccccc2)nc1C(=O)O. The Hall–Kier alpha value is -3.30. The van der Waals surface area contributed by atoms with Crippen LogP contribution in [0.1, 0.15) is 42.4 Å². The molecule has 2 rings (SSSR count). The van der Waals surface area contributed by atoms with Crippen molar-refractivity contribution in [3.05, 3.63) is 53.2 Å². The molecule has 0 atom stereocenters. The van der Waals surface area contributed by atoms with Gasteiger partial charge in [0.25, 0.3) is 0 Å². The number of carboxylic acid groups (broad SMARTS) is 1. The molecule has 0 aliphatic rings. The molecule has 0 unspecified atom stereocenters. The Morgan fingerprint density at radius 2 is 1.76 bits per heavy atom. The number of benzene rings is 1. The first-order chi connectivity index (χ1) is 13.4. The molecule has 7 nitrogen and oxygen atoms in total. The van der Waals surface area contributed by atoms with Crippen molar-refractivity contribution in [2.45, 2.75) is 39.2 Å². The minimum Gasteiger partial charge on any atom is -0.476 e. The highest BCUT2D eigenvalue weighted by molar-refractivity contribution is 5.97. The Bertz CT molecular complexity index is 893. The van der Waals surface area contributed by atoms with Crippen molar-refractivity contribution in [2.24, 2.45) is 0 Å². The zero-order valence-electron chi connectivity index (χ0n) is 15.8. The number of hydrogen-bond acceptors (Lipinski definition) is 5. The quantitative estimate of drug-likeness (QED) is 0.737. The number of rotatable bonds is 5. The number of nitrogens with zero attached hydrogens (tertiary/aromatic N) is 1. The third kappa shape index (κ3) is 6.37. The monoisotopic (exact) mass is 412 g/mol. The fourth-order valence-corrected chi connectivity index (χ4v) is 2.21. The second-order valence-electron chi connectivity index (χ2n) is 6.94. The van der Waals surface area contributed by atoms with Crippen molar-refractivity contribution in [2.75, 3.05) is 5.32 Å². The van der Waals surface area contributed by atoms with Crippen LogP contribution in [0.4, 0.5) is 23.7 Å². The summed E-state index contributed by atoms with van der Waals surface area (Å²) < 4.78 is 50.5. The molecule has 0 aliphatic carbocycles. The molecule has 2 N–H and O–H groups in total. The lowest BCUT2D eigenvalue weighted by molar-refractivity contribution is -0.139. The Labute approximate surface area is 164 Å². The van der Waals surface area contributed by atoms with Gasteiger partial charge in [-0.25, -0.2) is 14.6 Å². The van der Waals surface area contributed by atoms with Crippen LogP contribution in [0.2, 0.25) is 0 Å². The molecule has 1 heterocycles. The van der Waals surface area contributed by atoms with Crippen LogP contribution in [0.3, 0.4) is 0 Å². The van der Waals surface area contributed by atoms with Crippen LogP contribution in [0, 0.1) is 0 Å². The number of anilines is 1. The summed E-state index contributed by atoms with van der Waals surface area (Å²) in [7, 11) is 0. The van der Waals surface area contributed by atoms with Crippen LogP contribution in [-0.4, -0.2) is 27.8 Å². The number of aromatic nitrogens is 1. The number of alkyl halides is 3. The molecular weight excluding hydrogens is 393 g/mol. The van der Waals surface area contributed by atoms with E-state index in [1.54, 1.807) is 51.1 Å². The van der Waals surface area contributed by atoms with Gasteiger partial charge in [0.15, 0.2) is 5.69 Å². The Morgan fingerprint density at radius 3 is 2.28 bits per heavy atom. The van der Waals surface area contributed by atoms with E-state index in [2.05, 4.69) is 4.98 Å². The summed E-state index contributed by atoms with van der Waals surface area (Å²) in [6.07, 6.45) is -6.02. The first-order valence-corrected chi connectivity index (χ1v) is 8.39. The van der Waals surface area contributed by atoms with Crippen molar-refractivity contribution >= 4 is 17.7 Å². The van der Waals surface area contributed by atoms with Gasteiger partial charge >= 0.3 is 18.2 Å². The van der Waals surface area contributed by atoms with Gasteiger partial charge in [0.1, 0.15) is 17.8 Å². The van der Waals surface area contributed by atoms with Gasteiger partial charge in [-0.2, -0.15) is 13.2 Å². The van der Waals surface area contributed by atoms with Crippen LogP contribution >= 0.6 is 0 Å². The molecular formula is C19H19F3N2O5. The average Bonchev–Trinajstić information content (AvgIpc) is 2.58. The number of halogens is 3. The third-order valence-corrected chi connectivity index (χ3v) is 3.35. The van der Waals surface area contributed by atoms with E-state index in [9.17, 15) is 27.9 Å². The molecule has 0 saturated carbocycles. The van der Waals surface area contributed by atoms with E-state index < -0.39 is 46.7 Å². The van der Waals surface area contributed by atoms with Crippen molar-refractivity contribution < 1.29 is 37.3 Å². The lowest BCUT2D eigenvalue weighted by atomic mass is 10.2. The lowest BCUT2D eigenvalue weighted by Gasteiger charge is -2.21. The molecule has 2 aromatic rings. The van der Waals surface area contributed by atoms with Crippen LogP contribution in [0.5, 0.6) is 5.88 Å². The number of aromatic carboxylic acids is 1. The summed E-state index contributed by atoms with van der Waals surface area (Å²) in [6.45, 7) is 4.38. The summed E-state index contributed by atoms with van der Waals surface area (Å²) in [4.78, 5) is 26.9. The number of ether oxygens (including phenoxy) is 2. The van der Waals surface area contributed by atoms with Gasteiger partial charge in [-0.3, -0.25) is 5.32 Å². The van der Waals surface area contributed by atoms with Gasteiger partial charge in [0, 0.05) is 0 Å². The van der Waals surface area contributed by atoms with Crippen molar-refractivity contribution in [1.29, 1.82) is 0 Å². The summed E-state index contributed by atoms with van der Waals surface area (Å²) in [5, 5.41) is 11.3. The molecule has 1 amide bonds. The maximum Gasteiger partial charge on any atom is 0.421 e. The lowest BCUT2D eigenvalue weighted by Crippen LogP contribution is -2.28. The topological polar surface area (TPSA) is 97.8 Å². The Balaban J connectivity index is 2.42. The highest BCUT2D eigenvalue weighted by atomic mass is 19.4. The number of carbonyl (C=O) groups excluding carboxylic acids is 1. The largest absolute Gasteiger partial charge is 0.476 e.